The van der Waals surface area contributed by atoms with Crippen LogP contribution in [0.3, 0.4) is 0 Å². The van der Waals surface area contributed by atoms with Crippen LogP contribution < -0.4 is 5.73 Å². The first-order chi connectivity index (χ1) is 7.11. The number of nitrogen functional groups attached to an aromatic ring is 1. The standard InChI is InChI=1S/C10H19N3O2/c1-7-10(11)8(2)13(12-7)9(5-14-3)6-15-4/h9H,5-6,11H2,1-4H3. The van der Waals surface area contributed by atoms with Crippen LogP contribution in [0.2, 0.25) is 0 Å². The van der Waals surface area contributed by atoms with Crippen molar-refractivity contribution in [3.63, 3.8) is 0 Å². The fraction of sp³-hybridized carbons (Fsp3) is 0.700. The Labute approximate surface area is 90.2 Å². The molecule has 1 rings (SSSR count). The molecular weight excluding hydrogens is 194 g/mol. The van der Waals surface area contributed by atoms with E-state index < -0.39 is 0 Å². The van der Waals surface area contributed by atoms with Crippen molar-refractivity contribution in [1.29, 1.82) is 0 Å². The van der Waals surface area contributed by atoms with E-state index in [1.165, 1.54) is 0 Å². The van der Waals surface area contributed by atoms with Crippen LogP contribution in [0.25, 0.3) is 0 Å². The summed E-state index contributed by atoms with van der Waals surface area (Å²) in [5.41, 5.74) is 8.43. The number of hydrogen-bond acceptors (Lipinski definition) is 4. The zero-order chi connectivity index (χ0) is 11.4. The van der Waals surface area contributed by atoms with Gasteiger partial charge in [-0.2, -0.15) is 5.10 Å². The van der Waals surface area contributed by atoms with E-state index in [1.807, 2.05) is 18.5 Å². The van der Waals surface area contributed by atoms with E-state index in [0.717, 1.165) is 17.1 Å². The molecule has 5 nitrogen and oxygen atoms in total. The molecule has 0 radical (unpaired) electrons. The van der Waals surface area contributed by atoms with Crippen LogP contribution in [0.15, 0.2) is 0 Å². The number of nitrogens with zero attached hydrogens (tertiary/aromatic N) is 2. The molecule has 1 aromatic rings. The number of methoxy groups -OCH3 is 2. The molecule has 0 aliphatic carbocycles. The number of aromatic nitrogens is 2. The Bertz CT molecular complexity index is 317. The molecule has 1 aromatic heterocycles. The molecule has 86 valence electrons. The number of hydrogen-bond donors (Lipinski definition) is 1. The Morgan fingerprint density at radius 3 is 2.13 bits per heavy atom. The van der Waals surface area contributed by atoms with E-state index in [4.69, 9.17) is 15.2 Å². The molecule has 5 heteroatoms. The molecule has 0 aromatic carbocycles. The molecule has 0 atom stereocenters. The van der Waals surface area contributed by atoms with Crippen molar-refractivity contribution in [2.75, 3.05) is 33.2 Å². The lowest BCUT2D eigenvalue weighted by Gasteiger charge is -2.17. The predicted octanol–water partition coefficient (Wildman–Crippen LogP) is 0.916. The summed E-state index contributed by atoms with van der Waals surface area (Å²) >= 11 is 0. The van der Waals surface area contributed by atoms with Gasteiger partial charge in [0.05, 0.1) is 36.3 Å². The van der Waals surface area contributed by atoms with Crippen molar-refractivity contribution in [1.82, 2.24) is 9.78 Å². The number of ether oxygens (including phenoxy) is 2. The molecule has 0 aliphatic rings. The van der Waals surface area contributed by atoms with E-state index in [0.29, 0.717) is 13.2 Å². The van der Waals surface area contributed by atoms with Crippen molar-refractivity contribution in [3.8, 4) is 0 Å². The Kier molecular flexibility index (Phi) is 4.11. The minimum absolute atomic E-state index is 0.0796. The van der Waals surface area contributed by atoms with Crippen LogP contribution in [0.5, 0.6) is 0 Å². The van der Waals surface area contributed by atoms with Gasteiger partial charge in [0, 0.05) is 14.2 Å². The van der Waals surface area contributed by atoms with Gasteiger partial charge in [-0.05, 0) is 13.8 Å². The minimum atomic E-state index is 0.0796. The first kappa shape index (κ1) is 12.0. The van der Waals surface area contributed by atoms with Crippen molar-refractivity contribution in [3.05, 3.63) is 11.4 Å². The van der Waals surface area contributed by atoms with E-state index in [1.54, 1.807) is 14.2 Å². The lowest BCUT2D eigenvalue weighted by atomic mass is 10.3. The van der Waals surface area contributed by atoms with E-state index in [9.17, 15) is 0 Å². The second kappa shape index (κ2) is 5.14. The van der Waals surface area contributed by atoms with Crippen molar-refractivity contribution >= 4 is 5.69 Å². The molecule has 0 saturated carbocycles. The quantitative estimate of drug-likeness (QED) is 0.790. The van der Waals surface area contributed by atoms with E-state index in [-0.39, 0.29) is 6.04 Å². The van der Waals surface area contributed by atoms with E-state index >= 15 is 0 Å². The normalized spacial score (nSPS) is 11.3. The average molecular weight is 213 g/mol. The second-order valence-corrected chi connectivity index (χ2v) is 3.59. The van der Waals surface area contributed by atoms with Gasteiger partial charge in [0.15, 0.2) is 0 Å². The number of anilines is 1. The smallest absolute Gasteiger partial charge is 0.0989 e. The summed E-state index contributed by atoms with van der Waals surface area (Å²) in [6, 6.07) is 0.0796. The zero-order valence-corrected chi connectivity index (χ0v) is 9.78. The minimum Gasteiger partial charge on any atom is -0.396 e. The molecule has 0 fully saturated rings. The molecule has 0 unspecified atom stereocenters. The molecule has 0 bridgehead atoms. The monoisotopic (exact) mass is 213 g/mol. The third-order valence-corrected chi connectivity index (χ3v) is 2.44. The zero-order valence-electron chi connectivity index (χ0n) is 9.78. The topological polar surface area (TPSA) is 62.3 Å². The second-order valence-electron chi connectivity index (χ2n) is 3.59. The Hall–Kier alpha value is -1.07. The van der Waals surface area contributed by atoms with Crippen LogP contribution in [0.4, 0.5) is 5.69 Å². The van der Waals surface area contributed by atoms with Crippen molar-refractivity contribution in [2.24, 2.45) is 0 Å². The molecule has 0 spiro atoms. The van der Waals surface area contributed by atoms with Gasteiger partial charge in [-0.3, -0.25) is 4.68 Å². The summed E-state index contributed by atoms with van der Waals surface area (Å²) in [6.45, 7) is 4.98. The van der Waals surface area contributed by atoms with Gasteiger partial charge in [-0.1, -0.05) is 0 Å². The SMILES string of the molecule is COCC(COC)n1nc(C)c(N)c1C. The Morgan fingerprint density at radius 2 is 1.80 bits per heavy atom. The van der Waals surface area contributed by atoms with Crippen LogP contribution in [-0.4, -0.2) is 37.2 Å². The van der Waals surface area contributed by atoms with Gasteiger partial charge in [-0.15, -0.1) is 0 Å². The lowest BCUT2D eigenvalue weighted by Crippen LogP contribution is -2.22. The summed E-state index contributed by atoms with van der Waals surface area (Å²) < 4.78 is 12.1. The molecule has 2 N–H and O–H groups in total. The predicted molar refractivity (Wildman–Crippen MR) is 58.9 cm³/mol. The summed E-state index contributed by atoms with van der Waals surface area (Å²) in [5.74, 6) is 0. The first-order valence-corrected chi connectivity index (χ1v) is 4.90. The van der Waals surface area contributed by atoms with Gasteiger partial charge >= 0.3 is 0 Å². The molecule has 0 saturated heterocycles. The van der Waals surface area contributed by atoms with Crippen molar-refractivity contribution in [2.45, 2.75) is 19.9 Å². The Morgan fingerprint density at radius 1 is 1.27 bits per heavy atom. The lowest BCUT2D eigenvalue weighted by molar-refractivity contribution is 0.0828. The van der Waals surface area contributed by atoms with Crippen LogP contribution in [0.1, 0.15) is 17.4 Å². The van der Waals surface area contributed by atoms with Gasteiger partial charge < -0.3 is 15.2 Å². The van der Waals surface area contributed by atoms with Gasteiger partial charge in [0.25, 0.3) is 0 Å². The molecule has 1 heterocycles. The number of aryl methyl sites for hydroxylation is 1. The van der Waals surface area contributed by atoms with Gasteiger partial charge in [-0.25, -0.2) is 0 Å². The highest BCUT2D eigenvalue weighted by Gasteiger charge is 2.17. The van der Waals surface area contributed by atoms with Crippen molar-refractivity contribution < 1.29 is 9.47 Å². The summed E-state index contributed by atoms with van der Waals surface area (Å²) in [6.07, 6.45) is 0. The van der Waals surface area contributed by atoms with Crippen LogP contribution in [0, 0.1) is 13.8 Å². The summed E-state index contributed by atoms with van der Waals surface area (Å²) in [5, 5.41) is 4.38. The fourth-order valence-electron chi connectivity index (χ4n) is 1.61. The van der Waals surface area contributed by atoms with Crippen LogP contribution in [-0.2, 0) is 9.47 Å². The highest BCUT2D eigenvalue weighted by atomic mass is 16.5. The fourth-order valence-corrected chi connectivity index (χ4v) is 1.61. The summed E-state index contributed by atoms with van der Waals surface area (Å²) in [4.78, 5) is 0. The molecular formula is C10H19N3O2. The maximum absolute atomic E-state index is 5.87. The van der Waals surface area contributed by atoms with Crippen LogP contribution >= 0.6 is 0 Å². The molecule has 0 amide bonds. The number of rotatable bonds is 5. The third-order valence-electron chi connectivity index (χ3n) is 2.44. The average Bonchev–Trinajstić information content (AvgIpc) is 2.46. The highest BCUT2D eigenvalue weighted by Crippen LogP contribution is 2.19. The third kappa shape index (κ3) is 2.49. The highest BCUT2D eigenvalue weighted by molar-refractivity contribution is 5.47. The molecule has 15 heavy (non-hydrogen) atoms. The summed E-state index contributed by atoms with van der Waals surface area (Å²) in [7, 11) is 3.33. The molecule has 0 aliphatic heterocycles. The van der Waals surface area contributed by atoms with Gasteiger partial charge in [0.1, 0.15) is 0 Å². The maximum atomic E-state index is 5.87. The maximum Gasteiger partial charge on any atom is 0.0989 e. The van der Waals surface area contributed by atoms with E-state index in [2.05, 4.69) is 5.10 Å². The Balaban J connectivity index is 2.94. The largest absolute Gasteiger partial charge is 0.396 e. The number of nitrogens with two attached hydrogens (primary N) is 1. The first-order valence-electron chi connectivity index (χ1n) is 4.90. The van der Waals surface area contributed by atoms with Gasteiger partial charge in [0.2, 0.25) is 0 Å².